The molecule has 0 amide bonds. The molecule has 0 unspecified atom stereocenters. The van der Waals surface area contributed by atoms with Crippen molar-refractivity contribution in [2.24, 2.45) is 7.05 Å². The number of fused-ring (bicyclic) bond motifs is 4. The second-order valence-electron chi connectivity index (χ2n) is 4.80. The molecule has 4 rings (SSSR count). The van der Waals surface area contributed by atoms with E-state index in [4.69, 9.17) is 4.98 Å². The van der Waals surface area contributed by atoms with Gasteiger partial charge in [-0.25, -0.2) is 9.97 Å². The molecule has 0 bridgehead atoms. The van der Waals surface area contributed by atoms with E-state index >= 15 is 0 Å². The van der Waals surface area contributed by atoms with Crippen molar-refractivity contribution < 1.29 is 4.79 Å². The fourth-order valence-electron chi connectivity index (χ4n) is 2.68. The average molecular weight is 261 g/mol. The molecule has 2 aromatic carbocycles. The van der Waals surface area contributed by atoms with Crippen molar-refractivity contribution in [3.63, 3.8) is 0 Å². The standard InChI is InChI=1S/C16H11N3O/c1-19-13-8-3-2-6-11(13)15-16(19)18-14-10(9-20)5-4-7-12(14)17-15/h2-9H,1H3. The summed E-state index contributed by atoms with van der Waals surface area (Å²) in [6.45, 7) is 0. The Kier molecular flexibility index (Phi) is 2.15. The van der Waals surface area contributed by atoms with E-state index in [1.165, 1.54) is 0 Å². The molecule has 4 nitrogen and oxygen atoms in total. The number of carbonyl (C=O) groups is 1. The highest BCUT2D eigenvalue weighted by Crippen LogP contribution is 2.27. The number of para-hydroxylation sites is 2. The molecule has 0 fully saturated rings. The highest BCUT2D eigenvalue weighted by molar-refractivity contribution is 6.07. The van der Waals surface area contributed by atoms with Crippen LogP contribution in [0.1, 0.15) is 10.4 Å². The van der Waals surface area contributed by atoms with Crippen molar-refractivity contribution in [1.82, 2.24) is 14.5 Å². The van der Waals surface area contributed by atoms with Gasteiger partial charge in [-0.2, -0.15) is 0 Å². The van der Waals surface area contributed by atoms with Gasteiger partial charge in [-0.3, -0.25) is 4.79 Å². The molecule has 0 saturated carbocycles. The minimum atomic E-state index is 0.571. The molecule has 96 valence electrons. The van der Waals surface area contributed by atoms with Crippen molar-refractivity contribution in [1.29, 1.82) is 0 Å². The van der Waals surface area contributed by atoms with Crippen LogP contribution >= 0.6 is 0 Å². The Morgan fingerprint density at radius 2 is 1.85 bits per heavy atom. The Morgan fingerprint density at radius 3 is 2.70 bits per heavy atom. The van der Waals surface area contributed by atoms with Crippen LogP contribution in [0.2, 0.25) is 0 Å². The van der Waals surface area contributed by atoms with Crippen molar-refractivity contribution in [3.8, 4) is 0 Å². The molecule has 0 spiro atoms. The van der Waals surface area contributed by atoms with E-state index < -0.39 is 0 Å². The van der Waals surface area contributed by atoms with Gasteiger partial charge in [0.15, 0.2) is 11.9 Å². The molecular formula is C16H11N3O. The van der Waals surface area contributed by atoms with Gasteiger partial charge < -0.3 is 4.57 Å². The van der Waals surface area contributed by atoms with Gasteiger partial charge in [-0.05, 0) is 18.2 Å². The van der Waals surface area contributed by atoms with Crippen LogP contribution in [0.25, 0.3) is 33.1 Å². The Hall–Kier alpha value is -2.75. The maximum absolute atomic E-state index is 11.1. The molecule has 2 aromatic heterocycles. The first-order valence-electron chi connectivity index (χ1n) is 6.38. The summed E-state index contributed by atoms with van der Waals surface area (Å²) < 4.78 is 2.01. The Morgan fingerprint density at radius 1 is 1.00 bits per heavy atom. The summed E-state index contributed by atoms with van der Waals surface area (Å²) in [5, 5.41) is 1.08. The molecule has 0 aliphatic rings. The third-order valence-corrected chi connectivity index (χ3v) is 3.67. The minimum absolute atomic E-state index is 0.571. The fraction of sp³-hybridized carbons (Fsp3) is 0.0625. The maximum Gasteiger partial charge on any atom is 0.160 e. The molecule has 0 saturated heterocycles. The normalized spacial score (nSPS) is 11.4. The Bertz CT molecular complexity index is 985. The van der Waals surface area contributed by atoms with E-state index in [1.54, 1.807) is 6.07 Å². The minimum Gasteiger partial charge on any atom is -0.327 e. The number of carbonyl (C=O) groups excluding carboxylic acids is 1. The van der Waals surface area contributed by atoms with Crippen LogP contribution in [0.15, 0.2) is 42.5 Å². The molecule has 4 heteroatoms. The lowest BCUT2D eigenvalue weighted by Crippen LogP contribution is -1.94. The lowest BCUT2D eigenvalue weighted by molar-refractivity contribution is 0.112. The lowest BCUT2D eigenvalue weighted by Gasteiger charge is -2.01. The number of hydrogen-bond donors (Lipinski definition) is 0. The van der Waals surface area contributed by atoms with E-state index in [9.17, 15) is 4.79 Å². The first-order chi connectivity index (χ1) is 9.79. The number of rotatable bonds is 1. The summed E-state index contributed by atoms with van der Waals surface area (Å²) in [5.74, 6) is 0. The summed E-state index contributed by atoms with van der Waals surface area (Å²) >= 11 is 0. The third kappa shape index (κ3) is 1.33. The van der Waals surface area contributed by atoms with E-state index in [-0.39, 0.29) is 0 Å². The first kappa shape index (κ1) is 11.1. The monoisotopic (exact) mass is 261 g/mol. The van der Waals surface area contributed by atoms with E-state index in [1.807, 2.05) is 48.0 Å². The fourth-order valence-corrected chi connectivity index (χ4v) is 2.68. The Balaban J connectivity index is 2.29. The van der Waals surface area contributed by atoms with Crippen LogP contribution in [-0.4, -0.2) is 20.8 Å². The molecule has 20 heavy (non-hydrogen) atoms. The van der Waals surface area contributed by atoms with Crippen molar-refractivity contribution in [2.45, 2.75) is 0 Å². The predicted octanol–water partition coefficient (Wildman–Crippen LogP) is 3.09. The van der Waals surface area contributed by atoms with Gasteiger partial charge in [0.1, 0.15) is 11.0 Å². The molecule has 0 atom stereocenters. The summed E-state index contributed by atoms with van der Waals surface area (Å²) in [6, 6.07) is 13.6. The second-order valence-corrected chi connectivity index (χ2v) is 4.80. The zero-order valence-electron chi connectivity index (χ0n) is 10.9. The number of benzene rings is 2. The van der Waals surface area contributed by atoms with Crippen LogP contribution in [0.5, 0.6) is 0 Å². The summed E-state index contributed by atoms with van der Waals surface area (Å²) in [4.78, 5) is 20.5. The van der Waals surface area contributed by atoms with Gasteiger partial charge in [0.05, 0.1) is 11.0 Å². The third-order valence-electron chi connectivity index (χ3n) is 3.67. The summed E-state index contributed by atoms with van der Waals surface area (Å²) in [5.41, 5.74) is 4.73. The highest BCUT2D eigenvalue weighted by Gasteiger charge is 2.12. The SMILES string of the molecule is Cn1c2ccccc2c2nc3cccc(C=O)c3nc21. The lowest BCUT2D eigenvalue weighted by atomic mass is 10.2. The smallest absolute Gasteiger partial charge is 0.160 e. The van der Waals surface area contributed by atoms with Crippen LogP contribution < -0.4 is 0 Å². The van der Waals surface area contributed by atoms with Crippen molar-refractivity contribution >= 4 is 39.4 Å². The van der Waals surface area contributed by atoms with Crippen molar-refractivity contribution in [3.05, 3.63) is 48.0 Å². The molecule has 0 aliphatic carbocycles. The number of aldehydes is 1. The topological polar surface area (TPSA) is 47.8 Å². The number of hydrogen-bond acceptors (Lipinski definition) is 3. The van der Waals surface area contributed by atoms with Crippen LogP contribution in [0.3, 0.4) is 0 Å². The van der Waals surface area contributed by atoms with Gasteiger partial charge in [0.2, 0.25) is 0 Å². The molecule has 0 radical (unpaired) electrons. The van der Waals surface area contributed by atoms with Crippen LogP contribution in [0.4, 0.5) is 0 Å². The zero-order valence-corrected chi connectivity index (χ0v) is 10.9. The van der Waals surface area contributed by atoms with Gasteiger partial charge in [-0.15, -0.1) is 0 Å². The van der Waals surface area contributed by atoms with Gasteiger partial charge in [-0.1, -0.05) is 24.3 Å². The van der Waals surface area contributed by atoms with Crippen LogP contribution in [0, 0.1) is 0 Å². The van der Waals surface area contributed by atoms with Gasteiger partial charge in [0, 0.05) is 18.0 Å². The van der Waals surface area contributed by atoms with Gasteiger partial charge >= 0.3 is 0 Å². The molecular weight excluding hydrogens is 250 g/mol. The number of aryl methyl sites for hydroxylation is 1. The average Bonchev–Trinajstić information content (AvgIpc) is 2.78. The summed E-state index contributed by atoms with van der Waals surface area (Å²) in [6.07, 6.45) is 0.825. The Labute approximate surface area is 114 Å². The molecule has 0 N–H and O–H groups in total. The van der Waals surface area contributed by atoms with Gasteiger partial charge in [0.25, 0.3) is 0 Å². The predicted molar refractivity (Wildman–Crippen MR) is 78.9 cm³/mol. The zero-order chi connectivity index (χ0) is 13.7. The number of aromatic nitrogens is 3. The molecule has 2 heterocycles. The first-order valence-corrected chi connectivity index (χ1v) is 6.38. The second kappa shape index (κ2) is 3.87. The van der Waals surface area contributed by atoms with E-state index in [0.29, 0.717) is 11.1 Å². The van der Waals surface area contributed by atoms with Crippen LogP contribution in [-0.2, 0) is 7.05 Å². The molecule has 4 aromatic rings. The molecule has 0 aliphatic heterocycles. The largest absolute Gasteiger partial charge is 0.327 e. The highest BCUT2D eigenvalue weighted by atomic mass is 16.1. The maximum atomic E-state index is 11.1. The quantitative estimate of drug-likeness (QED) is 0.495. The van der Waals surface area contributed by atoms with Crippen molar-refractivity contribution in [2.75, 3.05) is 0 Å². The summed E-state index contributed by atoms with van der Waals surface area (Å²) in [7, 11) is 1.97. The van der Waals surface area contributed by atoms with E-state index in [2.05, 4.69) is 4.98 Å². The van der Waals surface area contributed by atoms with E-state index in [0.717, 1.165) is 33.9 Å². The number of nitrogens with zero attached hydrogens (tertiary/aromatic N) is 3.